The molecule has 5 heterocycles. The Morgan fingerprint density at radius 3 is 3.09 bits per heavy atom. The molecule has 0 bridgehead atoms. The summed E-state index contributed by atoms with van der Waals surface area (Å²) < 4.78 is 13.2. The molecule has 3 aromatic heterocycles. The maximum Gasteiger partial charge on any atom is 0.212 e. The van der Waals surface area contributed by atoms with Crippen molar-refractivity contribution in [3.8, 4) is 0 Å². The minimum atomic E-state index is -0.205. The highest BCUT2D eigenvalue weighted by Gasteiger charge is 2.30. The third-order valence-corrected chi connectivity index (χ3v) is 6.02. The van der Waals surface area contributed by atoms with Gasteiger partial charge in [0.2, 0.25) is 4.96 Å². The molecule has 8 heteroatoms. The van der Waals surface area contributed by atoms with Gasteiger partial charge in [-0.05, 0) is 23.9 Å². The molecule has 5 rings (SSSR count). The maximum atomic E-state index is 5.61. The summed E-state index contributed by atoms with van der Waals surface area (Å²) in [5.41, 5.74) is 3.57. The first-order valence-electron chi connectivity index (χ1n) is 7.69. The zero-order chi connectivity index (χ0) is 15.4. The van der Waals surface area contributed by atoms with Crippen LogP contribution in [0.1, 0.15) is 39.2 Å². The van der Waals surface area contributed by atoms with Crippen LogP contribution in [0.4, 0.5) is 0 Å². The van der Waals surface area contributed by atoms with Crippen molar-refractivity contribution in [1.29, 1.82) is 0 Å². The van der Waals surface area contributed by atoms with Crippen molar-refractivity contribution in [3.05, 3.63) is 38.3 Å². The van der Waals surface area contributed by atoms with Crippen LogP contribution >= 0.6 is 22.7 Å². The van der Waals surface area contributed by atoms with Crippen LogP contribution < -0.4 is 5.32 Å². The number of aromatic nitrogens is 3. The molecule has 0 aromatic carbocycles. The molecule has 3 aromatic rings. The maximum absolute atomic E-state index is 5.61. The van der Waals surface area contributed by atoms with Crippen molar-refractivity contribution >= 4 is 27.6 Å². The van der Waals surface area contributed by atoms with E-state index in [1.54, 1.807) is 22.7 Å². The monoisotopic (exact) mass is 348 g/mol. The van der Waals surface area contributed by atoms with Crippen molar-refractivity contribution in [1.82, 2.24) is 19.9 Å². The van der Waals surface area contributed by atoms with Crippen LogP contribution in [0.15, 0.2) is 11.4 Å². The third kappa shape index (κ3) is 2.25. The molecule has 0 aliphatic carbocycles. The van der Waals surface area contributed by atoms with Gasteiger partial charge in [-0.15, -0.1) is 11.3 Å². The predicted molar refractivity (Wildman–Crippen MR) is 88.1 cm³/mol. The lowest BCUT2D eigenvalue weighted by Gasteiger charge is -2.22. The second-order valence-electron chi connectivity index (χ2n) is 5.75. The number of nitrogens with one attached hydrogen (secondary N) is 1. The number of imidazole rings is 1. The highest BCUT2D eigenvalue weighted by molar-refractivity contribution is 7.16. The molecule has 2 aliphatic rings. The van der Waals surface area contributed by atoms with E-state index in [2.05, 4.69) is 21.9 Å². The second-order valence-corrected chi connectivity index (χ2v) is 7.86. The Morgan fingerprint density at radius 2 is 2.22 bits per heavy atom. The summed E-state index contributed by atoms with van der Waals surface area (Å²) in [6, 6.07) is 2.31. The molecule has 1 N–H and O–H groups in total. The summed E-state index contributed by atoms with van der Waals surface area (Å²) in [6.45, 7) is 4.30. The van der Waals surface area contributed by atoms with Crippen LogP contribution in [-0.4, -0.2) is 34.4 Å². The molecule has 23 heavy (non-hydrogen) atoms. The highest BCUT2D eigenvalue weighted by Crippen LogP contribution is 2.36. The molecular formula is C15H16N4O2S2. The molecule has 1 unspecified atom stereocenters. The first-order valence-corrected chi connectivity index (χ1v) is 9.39. The summed E-state index contributed by atoms with van der Waals surface area (Å²) in [7, 11) is 0. The van der Waals surface area contributed by atoms with E-state index in [-0.39, 0.29) is 12.3 Å². The van der Waals surface area contributed by atoms with Gasteiger partial charge in [0.05, 0.1) is 35.5 Å². The molecule has 0 saturated carbocycles. The quantitative estimate of drug-likeness (QED) is 0.771. The van der Waals surface area contributed by atoms with Crippen LogP contribution in [0, 0.1) is 6.92 Å². The van der Waals surface area contributed by atoms with E-state index < -0.39 is 0 Å². The zero-order valence-electron chi connectivity index (χ0n) is 12.6. The van der Waals surface area contributed by atoms with Gasteiger partial charge >= 0.3 is 0 Å². The summed E-state index contributed by atoms with van der Waals surface area (Å²) in [4.78, 5) is 6.88. The van der Waals surface area contributed by atoms with Crippen LogP contribution in [0.2, 0.25) is 0 Å². The zero-order valence-corrected chi connectivity index (χ0v) is 14.2. The number of rotatable bonds is 2. The lowest BCUT2D eigenvalue weighted by Crippen LogP contribution is -2.31. The van der Waals surface area contributed by atoms with Crippen molar-refractivity contribution in [2.45, 2.75) is 25.7 Å². The van der Waals surface area contributed by atoms with Crippen LogP contribution in [-0.2, 0) is 15.9 Å². The Kier molecular flexibility index (Phi) is 3.27. The van der Waals surface area contributed by atoms with Gasteiger partial charge in [-0.3, -0.25) is 0 Å². The van der Waals surface area contributed by atoms with E-state index >= 15 is 0 Å². The van der Waals surface area contributed by atoms with E-state index in [9.17, 15) is 0 Å². The standard InChI is InChI=1S/C15H16N4O2S2/c1-8-18-19-13-10(17-15(19)23-8)2-3-16-12(13)9-6-11(22-7-9)14-20-4-5-21-14/h6-7,12,14,16H,2-5H2,1H3. The molecular weight excluding hydrogens is 332 g/mol. The Labute approximate surface area is 141 Å². The van der Waals surface area contributed by atoms with Gasteiger partial charge in [0.25, 0.3) is 0 Å². The number of hydrogen-bond acceptors (Lipinski definition) is 7. The topological polar surface area (TPSA) is 60.7 Å². The molecule has 1 atom stereocenters. The summed E-state index contributed by atoms with van der Waals surface area (Å²) >= 11 is 3.33. The molecule has 0 radical (unpaired) electrons. The predicted octanol–water partition coefficient (Wildman–Crippen LogP) is 2.44. The van der Waals surface area contributed by atoms with Gasteiger partial charge < -0.3 is 14.8 Å². The lowest BCUT2D eigenvalue weighted by molar-refractivity contribution is -0.0413. The number of aryl methyl sites for hydroxylation is 1. The minimum Gasteiger partial charge on any atom is -0.345 e. The Bertz CT molecular complexity index is 862. The van der Waals surface area contributed by atoms with Gasteiger partial charge in [-0.1, -0.05) is 11.3 Å². The Balaban J connectivity index is 1.57. The second kappa shape index (κ2) is 5.35. The lowest BCUT2D eigenvalue weighted by atomic mass is 10.00. The molecule has 1 saturated heterocycles. The van der Waals surface area contributed by atoms with Crippen molar-refractivity contribution < 1.29 is 9.47 Å². The normalized spacial score (nSPS) is 22.0. The van der Waals surface area contributed by atoms with E-state index in [0.717, 1.165) is 33.5 Å². The van der Waals surface area contributed by atoms with Crippen molar-refractivity contribution in [2.24, 2.45) is 0 Å². The number of thiophene rings is 1. The fraction of sp³-hybridized carbons (Fsp3) is 0.467. The molecule has 6 nitrogen and oxygen atoms in total. The number of ether oxygens (including phenoxy) is 2. The van der Waals surface area contributed by atoms with E-state index in [0.29, 0.717) is 13.2 Å². The van der Waals surface area contributed by atoms with E-state index in [1.807, 2.05) is 11.4 Å². The number of hydrogen-bond donors (Lipinski definition) is 1. The summed E-state index contributed by atoms with van der Waals surface area (Å²) in [5.74, 6) is 0. The van der Waals surface area contributed by atoms with Crippen LogP contribution in [0.3, 0.4) is 0 Å². The smallest absolute Gasteiger partial charge is 0.212 e. The number of fused-ring (bicyclic) bond motifs is 3. The third-order valence-electron chi connectivity index (χ3n) is 4.23. The molecule has 1 fully saturated rings. The van der Waals surface area contributed by atoms with Gasteiger partial charge in [-0.2, -0.15) is 5.10 Å². The number of nitrogens with zero attached hydrogens (tertiary/aromatic N) is 3. The first kappa shape index (κ1) is 14.1. The van der Waals surface area contributed by atoms with E-state index in [1.165, 1.54) is 11.3 Å². The first-order chi connectivity index (χ1) is 11.3. The van der Waals surface area contributed by atoms with Crippen molar-refractivity contribution in [3.63, 3.8) is 0 Å². The van der Waals surface area contributed by atoms with E-state index in [4.69, 9.17) is 14.5 Å². The average molecular weight is 348 g/mol. The van der Waals surface area contributed by atoms with Crippen molar-refractivity contribution in [2.75, 3.05) is 19.8 Å². The molecule has 2 aliphatic heterocycles. The summed E-state index contributed by atoms with van der Waals surface area (Å²) in [6.07, 6.45) is 0.746. The molecule has 0 spiro atoms. The largest absolute Gasteiger partial charge is 0.345 e. The van der Waals surface area contributed by atoms with Gasteiger partial charge in [0.1, 0.15) is 5.01 Å². The fourth-order valence-electron chi connectivity index (χ4n) is 3.25. The van der Waals surface area contributed by atoms with Gasteiger partial charge in [-0.25, -0.2) is 9.50 Å². The highest BCUT2D eigenvalue weighted by atomic mass is 32.1. The molecule has 0 amide bonds. The Hall–Kier alpha value is -1.32. The van der Waals surface area contributed by atoms with Crippen LogP contribution in [0.5, 0.6) is 0 Å². The fourth-order valence-corrected chi connectivity index (χ4v) is 4.94. The Morgan fingerprint density at radius 1 is 1.35 bits per heavy atom. The van der Waals surface area contributed by atoms with Gasteiger partial charge in [0, 0.05) is 13.0 Å². The minimum absolute atomic E-state index is 0.127. The molecule has 120 valence electrons. The van der Waals surface area contributed by atoms with Gasteiger partial charge in [0.15, 0.2) is 6.29 Å². The van der Waals surface area contributed by atoms with Crippen LogP contribution in [0.25, 0.3) is 4.96 Å². The average Bonchev–Trinajstić information content (AvgIpc) is 3.29. The summed E-state index contributed by atoms with van der Waals surface area (Å²) in [5, 5.41) is 11.5. The SMILES string of the molecule is Cc1nn2c3c(nc2s1)CCNC3c1csc(C2OCCO2)c1.